The minimum absolute atomic E-state index is 0.00591. The molecule has 48 heavy (non-hydrogen) atoms. The van der Waals surface area contributed by atoms with Crippen molar-refractivity contribution in [2.24, 2.45) is 5.92 Å². The molecule has 0 saturated heterocycles. The van der Waals surface area contributed by atoms with Crippen LogP contribution < -0.4 is 21.8 Å². The average molecular weight is 695 g/mol. The highest BCUT2D eigenvalue weighted by molar-refractivity contribution is 6.40. The van der Waals surface area contributed by atoms with Crippen LogP contribution in [0.2, 0.25) is 10.0 Å². The molecule has 1 aromatic heterocycles. The molecule has 0 radical (unpaired) electrons. The third-order valence-corrected chi connectivity index (χ3v) is 8.61. The van der Waals surface area contributed by atoms with E-state index in [1.165, 1.54) is 19.1 Å². The minimum atomic E-state index is -1.18. The molecule has 0 spiro atoms. The Morgan fingerprint density at radius 1 is 0.958 bits per heavy atom. The van der Waals surface area contributed by atoms with Crippen molar-refractivity contribution in [3.63, 3.8) is 0 Å². The molecule has 250 valence electrons. The Balaban J connectivity index is 1.27. The molecule has 2 unspecified atom stereocenters. The number of ketones is 1. The van der Waals surface area contributed by atoms with Crippen molar-refractivity contribution in [1.29, 1.82) is 0 Å². The van der Waals surface area contributed by atoms with Gasteiger partial charge in [-0.3, -0.25) is 14.4 Å². The molecule has 1 heterocycles. The van der Waals surface area contributed by atoms with Crippen LogP contribution in [0.15, 0.2) is 74.3 Å². The Kier molecular flexibility index (Phi) is 11.0. The Hall–Kier alpha value is -4.87. The van der Waals surface area contributed by atoms with Crippen LogP contribution in [0.1, 0.15) is 73.4 Å². The number of rotatable bonds is 12. The lowest BCUT2D eigenvalue weighted by atomic mass is 9.97. The summed E-state index contributed by atoms with van der Waals surface area (Å²) < 4.78 is 15.0. The number of ether oxygens (including phenoxy) is 1. The summed E-state index contributed by atoms with van der Waals surface area (Å²) in [5, 5.41) is 8.21. The van der Waals surface area contributed by atoms with Gasteiger partial charge in [-0.15, -0.1) is 0 Å². The molecule has 3 N–H and O–H groups in total. The summed E-state index contributed by atoms with van der Waals surface area (Å²) in [5.74, 6) is -3.89. The van der Waals surface area contributed by atoms with E-state index in [-0.39, 0.29) is 51.8 Å². The maximum Gasteiger partial charge on any atom is 0.519 e. The predicted molar refractivity (Wildman–Crippen MR) is 177 cm³/mol. The molecular weight excluding hydrogens is 661 g/mol. The normalized spacial score (nSPS) is 14.1. The number of hydrogen-bond donors (Lipinski definition) is 3. The van der Waals surface area contributed by atoms with Gasteiger partial charge < -0.3 is 29.5 Å². The highest BCUT2D eigenvalue weighted by Crippen LogP contribution is 2.31. The minimum Gasteiger partial charge on any atom is -0.457 e. The number of fused-ring (bicyclic) bond motifs is 1. The number of Topliss-reactive ketones (excluding diaryl/α,β-unsaturated/α-hetero) is 1. The van der Waals surface area contributed by atoms with Gasteiger partial charge in [-0.1, -0.05) is 77.3 Å². The quantitative estimate of drug-likeness (QED) is 0.120. The summed E-state index contributed by atoms with van der Waals surface area (Å²) in [6, 6.07) is 17.4. The number of halogens is 2. The number of amides is 3. The molecule has 0 aliphatic heterocycles. The molecular formula is C35H33Cl2N3O8. The number of esters is 1. The summed E-state index contributed by atoms with van der Waals surface area (Å²) in [5.41, 5.74) is 4.19. The van der Waals surface area contributed by atoms with Crippen molar-refractivity contribution in [2.75, 3.05) is 6.54 Å². The Morgan fingerprint density at radius 3 is 2.42 bits per heavy atom. The van der Waals surface area contributed by atoms with Crippen molar-refractivity contribution < 1.29 is 32.7 Å². The smallest absolute Gasteiger partial charge is 0.457 e. The highest BCUT2D eigenvalue weighted by atomic mass is 35.5. The van der Waals surface area contributed by atoms with Crippen LogP contribution in [0.4, 0.5) is 4.79 Å². The molecule has 0 bridgehead atoms. The van der Waals surface area contributed by atoms with Crippen LogP contribution in [0.5, 0.6) is 0 Å². The lowest BCUT2D eigenvalue weighted by molar-refractivity contribution is -0.150. The topological polar surface area (TPSA) is 157 Å². The molecule has 11 nitrogen and oxygen atoms in total. The monoisotopic (exact) mass is 693 g/mol. The van der Waals surface area contributed by atoms with Gasteiger partial charge in [0.05, 0.1) is 27.6 Å². The highest BCUT2D eigenvalue weighted by Gasteiger charge is 2.29. The number of aryl methyl sites for hydroxylation is 3. The Bertz CT molecular complexity index is 1890. The molecule has 2 atom stereocenters. The molecule has 0 saturated carbocycles. The summed E-state index contributed by atoms with van der Waals surface area (Å²) in [6.45, 7) is 2.99. The maximum absolute atomic E-state index is 13.5. The van der Waals surface area contributed by atoms with Crippen LogP contribution in [-0.2, 0) is 29.1 Å². The van der Waals surface area contributed by atoms with E-state index in [4.69, 9.17) is 36.8 Å². The first-order chi connectivity index (χ1) is 23.0. The summed E-state index contributed by atoms with van der Waals surface area (Å²) in [6.07, 6.45) is 1.10. The third kappa shape index (κ3) is 8.53. The van der Waals surface area contributed by atoms with Gasteiger partial charge in [0.2, 0.25) is 0 Å². The van der Waals surface area contributed by atoms with Crippen molar-refractivity contribution in [1.82, 2.24) is 16.0 Å². The van der Waals surface area contributed by atoms with E-state index in [9.17, 15) is 24.0 Å². The van der Waals surface area contributed by atoms with Gasteiger partial charge in [0.25, 0.3) is 5.91 Å². The number of carbonyl (C=O) groups is 4. The third-order valence-electron chi connectivity index (χ3n) is 8.01. The fraction of sp³-hybridized carbons (Fsp3) is 0.286. The number of nitrogens with one attached hydrogen (secondary N) is 3. The van der Waals surface area contributed by atoms with Crippen molar-refractivity contribution >= 4 is 46.9 Å². The first-order valence-electron chi connectivity index (χ1n) is 15.2. The number of urea groups is 1. The summed E-state index contributed by atoms with van der Waals surface area (Å²) in [4.78, 5) is 63.9. The lowest BCUT2D eigenvalue weighted by Crippen LogP contribution is -2.42. The molecule has 3 aromatic carbocycles. The standard InChI is InChI=1S/C35H33Cl2N3O8/c1-19-6-5-7-21(12-19)16-38-32(42)23-13-26(36)31(27(37)14-23)29(41)15-24(33(43)46-18-30-20(2)47-35(45)48-30)17-39-34(44)40-28-11-10-22-8-3-4-9-25(22)28/h3-9,12-14,24,28H,10-11,15-18H2,1-2H3,(H,38,42)(H2,39,40,44). The van der Waals surface area contributed by atoms with E-state index >= 15 is 0 Å². The first-order valence-corrected chi connectivity index (χ1v) is 16.0. The van der Waals surface area contributed by atoms with E-state index in [1.54, 1.807) is 0 Å². The van der Waals surface area contributed by atoms with Crippen LogP contribution >= 0.6 is 23.2 Å². The van der Waals surface area contributed by atoms with Gasteiger partial charge in [0.1, 0.15) is 0 Å². The Morgan fingerprint density at radius 2 is 1.71 bits per heavy atom. The summed E-state index contributed by atoms with van der Waals surface area (Å²) >= 11 is 12.9. The van der Waals surface area contributed by atoms with Gasteiger partial charge in [0, 0.05) is 25.1 Å². The van der Waals surface area contributed by atoms with E-state index in [1.807, 2.05) is 55.5 Å². The maximum atomic E-state index is 13.5. The van der Waals surface area contributed by atoms with Crippen LogP contribution in [0, 0.1) is 19.8 Å². The van der Waals surface area contributed by atoms with E-state index in [0.717, 1.165) is 35.1 Å². The molecule has 1 aliphatic rings. The largest absolute Gasteiger partial charge is 0.519 e. The second kappa shape index (κ2) is 15.4. The molecule has 3 amide bonds. The van der Waals surface area contributed by atoms with E-state index < -0.39 is 48.5 Å². The second-order valence-corrected chi connectivity index (χ2v) is 12.3. The van der Waals surface area contributed by atoms with Crippen LogP contribution in [0.25, 0.3) is 0 Å². The van der Waals surface area contributed by atoms with Crippen molar-refractivity contribution in [3.05, 3.63) is 126 Å². The molecule has 4 aromatic rings. The van der Waals surface area contributed by atoms with Gasteiger partial charge in [-0.2, -0.15) is 0 Å². The zero-order valence-electron chi connectivity index (χ0n) is 26.2. The molecule has 1 aliphatic carbocycles. The fourth-order valence-electron chi connectivity index (χ4n) is 5.53. The van der Waals surface area contributed by atoms with Crippen molar-refractivity contribution in [2.45, 2.75) is 52.3 Å². The predicted octanol–water partition coefficient (Wildman–Crippen LogP) is 6.01. The van der Waals surface area contributed by atoms with Crippen molar-refractivity contribution in [3.8, 4) is 0 Å². The van der Waals surface area contributed by atoms with Crippen LogP contribution in [0.3, 0.4) is 0 Å². The zero-order valence-corrected chi connectivity index (χ0v) is 27.7. The first kappa shape index (κ1) is 34.5. The lowest BCUT2D eigenvalue weighted by Gasteiger charge is -2.19. The SMILES string of the molecule is Cc1cccc(CNC(=O)c2cc(Cl)c(C(=O)CC(CNC(=O)NC3CCc4ccccc43)C(=O)OCc3oc(=O)oc3C)c(Cl)c2)c1. The fourth-order valence-corrected chi connectivity index (χ4v) is 6.23. The number of hydrogen-bond acceptors (Lipinski definition) is 8. The molecule has 13 heteroatoms. The van der Waals surface area contributed by atoms with Gasteiger partial charge in [0.15, 0.2) is 23.9 Å². The average Bonchev–Trinajstić information content (AvgIpc) is 3.61. The molecule has 5 rings (SSSR count). The summed E-state index contributed by atoms with van der Waals surface area (Å²) in [7, 11) is 0. The zero-order chi connectivity index (χ0) is 34.4. The van der Waals surface area contributed by atoms with Gasteiger partial charge >= 0.3 is 17.8 Å². The number of carbonyl (C=O) groups excluding carboxylic acids is 4. The molecule has 0 fully saturated rings. The van der Waals surface area contributed by atoms with E-state index in [2.05, 4.69) is 16.0 Å². The Labute approximate surface area is 285 Å². The van der Waals surface area contributed by atoms with E-state index in [0.29, 0.717) is 0 Å². The number of benzene rings is 3. The van der Waals surface area contributed by atoms with Crippen LogP contribution in [-0.4, -0.2) is 30.2 Å². The second-order valence-electron chi connectivity index (χ2n) is 11.5. The van der Waals surface area contributed by atoms with Gasteiger partial charge in [-0.25, -0.2) is 9.59 Å². The van der Waals surface area contributed by atoms with Gasteiger partial charge in [-0.05, 0) is 55.5 Å².